The Bertz CT molecular complexity index is 1260. The number of nitrogens with zero attached hydrogens (tertiary/aromatic N) is 3. The Labute approximate surface area is 179 Å². The number of hydrogen-bond donors (Lipinski definition) is 1. The molecule has 4 aromatic rings. The van der Waals surface area contributed by atoms with Crippen molar-refractivity contribution in [2.75, 3.05) is 5.32 Å². The quantitative estimate of drug-likeness (QED) is 0.510. The number of fused-ring (bicyclic) bond motifs is 2. The van der Waals surface area contributed by atoms with Crippen LogP contribution in [0.15, 0.2) is 63.9 Å². The number of rotatable bonds is 6. The van der Waals surface area contributed by atoms with Gasteiger partial charge < -0.3 is 14.3 Å². The highest BCUT2D eigenvalue weighted by atomic mass is 16.4. The van der Waals surface area contributed by atoms with Gasteiger partial charge in [-0.3, -0.25) is 9.36 Å². The van der Waals surface area contributed by atoms with Crippen LogP contribution in [0.3, 0.4) is 0 Å². The van der Waals surface area contributed by atoms with E-state index < -0.39 is 5.76 Å². The second-order valence-corrected chi connectivity index (χ2v) is 7.91. The third kappa shape index (κ3) is 4.03. The van der Waals surface area contributed by atoms with Crippen molar-refractivity contribution in [1.29, 1.82) is 0 Å². The molecule has 7 nitrogen and oxygen atoms in total. The van der Waals surface area contributed by atoms with Gasteiger partial charge in [0.1, 0.15) is 5.82 Å². The van der Waals surface area contributed by atoms with Crippen LogP contribution in [-0.2, 0) is 24.3 Å². The summed E-state index contributed by atoms with van der Waals surface area (Å²) in [5, 5.41) is 2.93. The van der Waals surface area contributed by atoms with E-state index in [2.05, 4.69) is 16.1 Å². The Morgan fingerprint density at radius 1 is 1.10 bits per heavy atom. The molecule has 31 heavy (non-hydrogen) atoms. The maximum absolute atomic E-state index is 12.3. The molecule has 1 aliphatic heterocycles. The van der Waals surface area contributed by atoms with Crippen LogP contribution in [0.4, 0.5) is 5.69 Å². The Morgan fingerprint density at radius 3 is 2.77 bits per heavy atom. The minimum absolute atomic E-state index is 0.0777. The van der Waals surface area contributed by atoms with Gasteiger partial charge in [0.05, 0.1) is 11.2 Å². The first kappa shape index (κ1) is 19.4. The number of aromatic nitrogens is 3. The molecule has 7 heteroatoms. The molecule has 0 atom stereocenters. The van der Waals surface area contributed by atoms with E-state index in [4.69, 9.17) is 9.40 Å². The van der Waals surface area contributed by atoms with Crippen LogP contribution < -0.4 is 11.1 Å². The summed E-state index contributed by atoms with van der Waals surface area (Å²) >= 11 is 0. The van der Waals surface area contributed by atoms with Crippen LogP contribution in [-0.4, -0.2) is 20.0 Å². The predicted octanol–water partition coefficient (Wildman–Crippen LogP) is 4.21. The normalized spacial score (nSPS) is 13.3. The van der Waals surface area contributed by atoms with Gasteiger partial charge in [-0.25, -0.2) is 9.78 Å². The zero-order valence-corrected chi connectivity index (χ0v) is 17.2. The van der Waals surface area contributed by atoms with Crippen molar-refractivity contribution in [3.63, 3.8) is 0 Å². The van der Waals surface area contributed by atoms with E-state index in [0.717, 1.165) is 41.3 Å². The van der Waals surface area contributed by atoms with Crippen molar-refractivity contribution in [3.05, 3.63) is 71.1 Å². The van der Waals surface area contributed by atoms with Crippen LogP contribution >= 0.6 is 0 Å². The van der Waals surface area contributed by atoms with Crippen LogP contribution in [0.2, 0.25) is 0 Å². The lowest BCUT2D eigenvalue weighted by molar-refractivity contribution is -0.116. The fourth-order valence-electron chi connectivity index (χ4n) is 4.12. The molecule has 0 aliphatic carbocycles. The number of amides is 1. The number of hydrogen-bond acceptors (Lipinski definition) is 4. The van der Waals surface area contributed by atoms with E-state index in [1.165, 1.54) is 12.8 Å². The number of anilines is 1. The molecule has 0 fully saturated rings. The highest BCUT2D eigenvalue weighted by Crippen LogP contribution is 2.24. The molecule has 0 saturated heterocycles. The van der Waals surface area contributed by atoms with E-state index in [0.29, 0.717) is 25.0 Å². The molecule has 0 radical (unpaired) electrons. The molecule has 0 bridgehead atoms. The largest absolute Gasteiger partial charge is 0.419 e. The topological polar surface area (TPSA) is 82.1 Å². The standard InChI is InChI=1S/C24H24N4O3/c29-23(9-5-15-28-20-6-1-2-7-21(20)31-24(28)30)25-18-12-10-17(11-13-18)19-16-27-14-4-3-8-22(27)26-19/h1-2,6-7,10-13,16H,3-5,8-9,14-15H2,(H,25,29). The van der Waals surface area contributed by atoms with Gasteiger partial charge in [-0.15, -0.1) is 0 Å². The van der Waals surface area contributed by atoms with Crippen molar-refractivity contribution in [2.45, 2.75) is 45.2 Å². The number of aryl methyl sites for hydroxylation is 3. The molecule has 0 spiro atoms. The van der Waals surface area contributed by atoms with Crippen LogP contribution in [0.5, 0.6) is 0 Å². The third-order valence-electron chi connectivity index (χ3n) is 5.73. The van der Waals surface area contributed by atoms with Crippen molar-refractivity contribution < 1.29 is 9.21 Å². The number of carbonyl (C=O) groups excluding carboxylic acids is 1. The average molecular weight is 416 g/mol. The molecule has 0 saturated carbocycles. The van der Waals surface area contributed by atoms with Gasteiger partial charge in [-0.05, 0) is 43.5 Å². The number of carbonyl (C=O) groups is 1. The minimum atomic E-state index is -0.391. The molecule has 2 aromatic heterocycles. The Kier molecular flexibility index (Phi) is 5.16. The SMILES string of the molecule is O=C(CCCn1c(=O)oc2ccccc21)Nc1ccc(-c2cn3c(n2)CCCC3)cc1. The highest BCUT2D eigenvalue weighted by Gasteiger charge is 2.13. The first-order chi connectivity index (χ1) is 15.2. The molecule has 5 rings (SSSR count). The summed E-state index contributed by atoms with van der Waals surface area (Å²) in [6.07, 6.45) is 6.43. The first-order valence-electron chi connectivity index (χ1n) is 10.7. The van der Waals surface area contributed by atoms with Gasteiger partial charge in [-0.1, -0.05) is 24.3 Å². The van der Waals surface area contributed by atoms with E-state index in [-0.39, 0.29) is 5.91 Å². The van der Waals surface area contributed by atoms with Crippen molar-refractivity contribution >= 4 is 22.7 Å². The number of nitrogens with one attached hydrogen (secondary N) is 1. The molecular weight excluding hydrogens is 392 g/mol. The zero-order valence-electron chi connectivity index (χ0n) is 17.2. The van der Waals surface area contributed by atoms with E-state index in [1.807, 2.05) is 42.5 Å². The zero-order chi connectivity index (χ0) is 21.2. The smallest absolute Gasteiger partial charge is 0.408 e. The number of imidazole rings is 1. The predicted molar refractivity (Wildman–Crippen MR) is 119 cm³/mol. The molecule has 158 valence electrons. The average Bonchev–Trinajstić information content (AvgIpc) is 3.35. The molecular formula is C24H24N4O3. The molecule has 0 unspecified atom stereocenters. The summed E-state index contributed by atoms with van der Waals surface area (Å²) in [7, 11) is 0. The van der Waals surface area contributed by atoms with Crippen LogP contribution in [0.25, 0.3) is 22.4 Å². The van der Waals surface area contributed by atoms with Gasteiger partial charge >= 0.3 is 5.76 Å². The summed E-state index contributed by atoms with van der Waals surface area (Å²) in [5.41, 5.74) is 4.10. The van der Waals surface area contributed by atoms with Crippen molar-refractivity contribution in [1.82, 2.24) is 14.1 Å². The summed E-state index contributed by atoms with van der Waals surface area (Å²) in [6.45, 7) is 1.48. The lowest BCUT2D eigenvalue weighted by atomic mass is 10.1. The van der Waals surface area contributed by atoms with Gasteiger partial charge in [-0.2, -0.15) is 0 Å². The molecule has 1 aliphatic rings. The summed E-state index contributed by atoms with van der Waals surface area (Å²) in [6, 6.07) is 15.1. The minimum Gasteiger partial charge on any atom is -0.408 e. The van der Waals surface area contributed by atoms with Gasteiger partial charge in [0, 0.05) is 43.4 Å². The lowest BCUT2D eigenvalue weighted by Gasteiger charge is -2.11. The Hall–Kier alpha value is -3.61. The van der Waals surface area contributed by atoms with E-state index in [9.17, 15) is 9.59 Å². The number of benzene rings is 2. The fraction of sp³-hybridized carbons (Fsp3) is 0.292. The molecule has 1 N–H and O–H groups in total. The fourth-order valence-corrected chi connectivity index (χ4v) is 4.12. The summed E-state index contributed by atoms with van der Waals surface area (Å²) in [4.78, 5) is 29.1. The second kappa shape index (κ2) is 8.26. The summed E-state index contributed by atoms with van der Waals surface area (Å²) < 4.78 is 9.04. The monoisotopic (exact) mass is 416 g/mol. The van der Waals surface area contributed by atoms with Crippen LogP contribution in [0, 0.1) is 0 Å². The lowest BCUT2D eigenvalue weighted by Crippen LogP contribution is -2.17. The number of oxazole rings is 1. The van der Waals surface area contributed by atoms with Gasteiger partial charge in [0.25, 0.3) is 0 Å². The van der Waals surface area contributed by atoms with Crippen molar-refractivity contribution in [2.24, 2.45) is 0 Å². The molecule has 2 aromatic carbocycles. The third-order valence-corrected chi connectivity index (χ3v) is 5.73. The summed E-state index contributed by atoms with van der Waals surface area (Å²) in [5.74, 6) is 0.687. The van der Waals surface area contributed by atoms with Gasteiger partial charge in [0.2, 0.25) is 5.91 Å². The maximum Gasteiger partial charge on any atom is 0.419 e. The first-order valence-corrected chi connectivity index (χ1v) is 10.7. The maximum atomic E-state index is 12.3. The molecule has 3 heterocycles. The number of para-hydroxylation sites is 2. The Balaban J connectivity index is 1.17. The molecule has 1 amide bonds. The second-order valence-electron chi connectivity index (χ2n) is 7.91. The van der Waals surface area contributed by atoms with E-state index in [1.54, 1.807) is 10.6 Å². The highest BCUT2D eigenvalue weighted by molar-refractivity contribution is 5.90. The van der Waals surface area contributed by atoms with Crippen LogP contribution in [0.1, 0.15) is 31.5 Å². The van der Waals surface area contributed by atoms with E-state index >= 15 is 0 Å². The Morgan fingerprint density at radius 2 is 1.94 bits per heavy atom. The van der Waals surface area contributed by atoms with Gasteiger partial charge in [0.15, 0.2) is 5.58 Å². The van der Waals surface area contributed by atoms with Crippen molar-refractivity contribution in [3.8, 4) is 11.3 Å².